The van der Waals surface area contributed by atoms with Crippen LogP contribution in [0.3, 0.4) is 0 Å². The molecule has 0 radical (unpaired) electrons. The fraction of sp³-hybridized carbons (Fsp3) is 0.308. The van der Waals surface area contributed by atoms with E-state index >= 15 is 0 Å². The molecule has 0 aliphatic rings. The number of para-hydroxylation sites is 2. The van der Waals surface area contributed by atoms with Gasteiger partial charge in [-0.15, -0.1) is 5.10 Å². The summed E-state index contributed by atoms with van der Waals surface area (Å²) in [5.74, 6) is -0.109. The van der Waals surface area contributed by atoms with E-state index in [1.165, 1.54) is 0 Å². The number of nitrogens with one attached hydrogen (secondary N) is 2. The molecule has 2 rings (SSSR count). The second kappa shape index (κ2) is 5.19. The minimum atomic E-state index is -0.643. The molecule has 0 fully saturated rings. The summed E-state index contributed by atoms with van der Waals surface area (Å²) in [5.41, 5.74) is 0.830. The summed E-state index contributed by atoms with van der Waals surface area (Å²) in [6.45, 7) is 3.64. The van der Waals surface area contributed by atoms with Crippen LogP contribution in [-0.2, 0) is 4.79 Å². The number of amides is 1. The number of rotatable bonds is 4. The van der Waals surface area contributed by atoms with Crippen LogP contribution in [0, 0.1) is 0 Å². The quantitative estimate of drug-likeness (QED) is 0.865. The van der Waals surface area contributed by atoms with Crippen molar-refractivity contribution in [1.29, 1.82) is 0 Å². The molecule has 1 amide bonds. The fourth-order valence-electron chi connectivity index (χ4n) is 1.51. The predicted octanol–water partition coefficient (Wildman–Crippen LogP) is 1.20. The van der Waals surface area contributed by atoms with E-state index in [1.54, 1.807) is 24.1 Å². The van der Waals surface area contributed by atoms with Crippen LogP contribution in [-0.4, -0.2) is 33.5 Å². The highest BCUT2D eigenvalue weighted by Crippen LogP contribution is 2.19. The first-order valence-corrected chi connectivity index (χ1v) is 6.00. The second-order valence-corrected chi connectivity index (χ2v) is 4.69. The van der Waals surface area contributed by atoms with E-state index < -0.39 is 5.54 Å². The van der Waals surface area contributed by atoms with Crippen molar-refractivity contribution in [3.8, 4) is 5.69 Å². The molecule has 2 aromatic rings. The third-order valence-electron chi connectivity index (χ3n) is 3.01. The second-order valence-electron chi connectivity index (χ2n) is 4.69. The van der Waals surface area contributed by atoms with E-state index in [1.807, 2.05) is 38.1 Å². The number of carbonyl (C=O) groups excluding carboxylic acids is 1. The maximum absolute atomic E-state index is 12.2. The molecule has 1 heterocycles. The van der Waals surface area contributed by atoms with Crippen molar-refractivity contribution in [2.24, 2.45) is 0 Å². The van der Waals surface area contributed by atoms with E-state index in [2.05, 4.69) is 20.9 Å². The van der Waals surface area contributed by atoms with Crippen LogP contribution in [0.2, 0.25) is 0 Å². The monoisotopic (exact) mass is 259 g/mol. The minimum absolute atomic E-state index is 0.109. The fourth-order valence-corrected chi connectivity index (χ4v) is 1.51. The summed E-state index contributed by atoms with van der Waals surface area (Å²) in [6.07, 6.45) is 3.32. The van der Waals surface area contributed by atoms with Gasteiger partial charge in [0.2, 0.25) is 5.91 Å². The molecule has 6 nitrogen and oxygen atoms in total. The number of aromatic nitrogens is 3. The smallest absolute Gasteiger partial charge is 0.244 e. The van der Waals surface area contributed by atoms with Gasteiger partial charge in [-0.3, -0.25) is 4.79 Å². The Balaban J connectivity index is 2.29. The standard InChI is InChI=1S/C13H17N5O/c1-13(2,14-3)12(19)16-10-6-4-5-7-11(10)18-9-8-15-17-18/h4-9,14H,1-3H3,(H,16,19). The third kappa shape index (κ3) is 2.79. The van der Waals surface area contributed by atoms with Gasteiger partial charge >= 0.3 is 0 Å². The van der Waals surface area contributed by atoms with Crippen LogP contribution < -0.4 is 10.6 Å². The van der Waals surface area contributed by atoms with Crippen molar-refractivity contribution in [2.45, 2.75) is 19.4 Å². The molecule has 19 heavy (non-hydrogen) atoms. The van der Waals surface area contributed by atoms with Crippen LogP contribution in [0.15, 0.2) is 36.7 Å². The topological polar surface area (TPSA) is 71.8 Å². The maximum atomic E-state index is 12.2. The minimum Gasteiger partial charge on any atom is -0.323 e. The van der Waals surface area contributed by atoms with Gasteiger partial charge in [-0.2, -0.15) is 0 Å². The van der Waals surface area contributed by atoms with Gasteiger partial charge in [0.25, 0.3) is 0 Å². The van der Waals surface area contributed by atoms with Crippen molar-refractivity contribution in [3.63, 3.8) is 0 Å². The summed E-state index contributed by atoms with van der Waals surface area (Å²) in [7, 11) is 1.75. The van der Waals surface area contributed by atoms with Crippen molar-refractivity contribution >= 4 is 11.6 Å². The van der Waals surface area contributed by atoms with E-state index in [4.69, 9.17) is 0 Å². The van der Waals surface area contributed by atoms with Crippen LogP contribution in [0.1, 0.15) is 13.8 Å². The van der Waals surface area contributed by atoms with Gasteiger partial charge < -0.3 is 10.6 Å². The molecule has 1 aromatic carbocycles. The van der Waals surface area contributed by atoms with E-state index in [-0.39, 0.29) is 5.91 Å². The average molecular weight is 259 g/mol. The molecule has 0 spiro atoms. The van der Waals surface area contributed by atoms with Gasteiger partial charge in [-0.1, -0.05) is 17.3 Å². The Morgan fingerprint density at radius 3 is 2.68 bits per heavy atom. The molecular weight excluding hydrogens is 242 g/mol. The lowest BCUT2D eigenvalue weighted by molar-refractivity contribution is -0.121. The van der Waals surface area contributed by atoms with Gasteiger partial charge in [0.05, 0.1) is 29.3 Å². The number of nitrogens with zero attached hydrogens (tertiary/aromatic N) is 3. The van der Waals surface area contributed by atoms with Crippen molar-refractivity contribution in [3.05, 3.63) is 36.7 Å². The number of anilines is 1. The van der Waals surface area contributed by atoms with Crippen LogP contribution in [0.25, 0.3) is 5.69 Å². The highest BCUT2D eigenvalue weighted by atomic mass is 16.2. The van der Waals surface area contributed by atoms with Gasteiger partial charge in [0, 0.05) is 0 Å². The predicted molar refractivity (Wildman–Crippen MR) is 73.1 cm³/mol. The summed E-state index contributed by atoms with van der Waals surface area (Å²) < 4.78 is 1.61. The lowest BCUT2D eigenvalue weighted by Gasteiger charge is -2.23. The van der Waals surface area contributed by atoms with Gasteiger partial charge in [0.15, 0.2) is 0 Å². The van der Waals surface area contributed by atoms with Gasteiger partial charge in [-0.25, -0.2) is 4.68 Å². The molecule has 0 saturated carbocycles. The molecule has 0 atom stereocenters. The Kier molecular flexibility index (Phi) is 3.62. The molecule has 0 unspecified atom stereocenters. The Morgan fingerprint density at radius 1 is 1.32 bits per heavy atom. The average Bonchev–Trinajstić information content (AvgIpc) is 2.93. The van der Waals surface area contributed by atoms with Gasteiger partial charge in [-0.05, 0) is 33.0 Å². The molecule has 1 aromatic heterocycles. The maximum Gasteiger partial charge on any atom is 0.244 e. The third-order valence-corrected chi connectivity index (χ3v) is 3.01. The van der Waals surface area contributed by atoms with Crippen molar-refractivity contribution < 1.29 is 4.79 Å². The molecule has 0 saturated heterocycles. The van der Waals surface area contributed by atoms with Crippen LogP contribution >= 0.6 is 0 Å². The Bertz CT molecular complexity index is 562. The first kappa shape index (κ1) is 13.2. The highest BCUT2D eigenvalue weighted by Gasteiger charge is 2.25. The van der Waals surface area contributed by atoms with Crippen LogP contribution in [0.5, 0.6) is 0 Å². The van der Waals surface area contributed by atoms with Crippen molar-refractivity contribution in [2.75, 3.05) is 12.4 Å². The first-order valence-electron chi connectivity index (χ1n) is 6.00. The zero-order valence-corrected chi connectivity index (χ0v) is 11.2. The number of hydrogen-bond donors (Lipinski definition) is 2. The Morgan fingerprint density at radius 2 is 2.05 bits per heavy atom. The van der Waals surface area contributed by atoms with Crippen molar-refractivity contribution in [1.82, 2.24) is 20.3 Å². The number of carbonyl (C=O) groups is 1. The first-order chi connectivity index (χ1) is 9.04. The molecule has 2 N–H and O–H groups in total. The zero-order valence-electron chi connectivity index (χ0n) is 11.2. The molecular formula is C13H17N5O. The van der Waals surface area contributed by atoms with E-state index in [0.717, 1.165) is 5.69 Å². The molecule has 0 bridgehead atoms. The largest absolute Gasteiger partial charge is 0.323 e. The Hall–Kier alpha value is -2.21. The molecule has 6 heteroatoms. The summed E-state index contributed by atoms with van der Waals surface area (Å²) >= 11 is 0. The lowest BCUT2D eigenvalue weighted by Crippen LogP contribution is -2.48. The van der Waals surface area contributed by atoms with E-state index in [9.17, 15) is 4.79 Å². The summed E-state index contributed by atoms with van der Waals surface area (Å²) in [4.78, 5) is 12.2. The summed E-state index contributed by atoms with van der Waals surface area (Å²) in [5, 5.41) is 13.6. The molecule has 0 aliphatic heterocycles. The lowest BCUT2D eigenvalue weighted by atomic mass is 10.0. The summed E-state index contributed by atoms with van der Waals surface area (Å²) in [6, 6.07) is 7.45. The number of hydrogen-bond acceptors (Lipinski definition) is 4. The Labute approximate surface area is 111 Å². The van der Waals surface area contributed by atoms with Crippen LogP contribution in [0.4, 0.5) is 5.69 Å². The zero-order chi connectivity index (χ0) is 13.9. The highest BCUT2D eigenvalue weighted by molar-refractivity contribution is 5.98. The molecule has 0 aliphatic carbocycles. The normalized spacial score (nSPS) is 11.3. The number of benzene rings is 1. The molecule has 100 valence electrons. The SMILES string of the molecule is CNC(C)(C)C(=O)Nc1ccccc1-n1ccnn1. The van der Waals surface area contributed by atoms with Gasteiger partial charge in [0.1, 0.15) is 0 Å². The van der Waals surface area contributed by atoms with E-state index in [0.29, 0.717) is 5.69 Å². The number of likely N-dealkylation sites (N-methyl/N-ethyl adjacent to an activating group) is 1.